The van der Waals surface area contributed by atoms with Gasteiger partial charge in [-0.3, -0.25) is 9.59 Å². The molecule has 1 aromatic heterocycles. The maximum Gasteiger partial charge on any atom is 0.256 e. The second-order valence-electron chi connectivity index (χ2n) is 4.28. The van der Waals surface area contributed by atoms with Crippen LogP contribution in [0.2, 0.25) is 0 Å². The third kappa shape index (κ3) is 2.53. The highest BCUT2D eigenvalue weighted by molar-refractivity contribution is 9.10. The molecule has 7 heteroatoms. The van der Waals surface area contributed by atoms with Crippen LogP contribution in [0.5, 0.6) is 0 Å². The van der Waals surface area contributed by atoms with Crippen LogP contribution in [0.4, 0.5) is 11.5 Å². The van der Waals surface area contributed by atoms with E-state index < -0.39 is 0 Å². The summed E-state index contributed by atoms with van der Waals surface area (Å²) >= 11 is 3.17. The van der Waals surface area contributed by atoms with Crippen molar-refractivity contribution in [3.8, 4) is 0 Å². The molecule has 100 valence electrons. The van der Waals surface area contributed by atoms with Crippen molar-refractivity contribution in [2.75, 3.05) is 10.6 Å². The molecule has 0 aliphatic carbocycles. The van der Waals surface area contributed by atoms with Gasteiger partial charge in [-0.15, -0.1) is 0 Å². The van der Waals surface area contributed by atoms with E-state index in [4.69, 9.17) is 0 Å². The fourth-order valence-electron chi connectivity index (χ4n) is 1.94. The number of rotatable bonds is 2. The fourth-order valence-corrected chi connectivity index (χ4v) is 2.14. The molecular formula is C13H9BrN4O2. The van der Waals surface area contributed by atoms with E-state index in [1.807, 2.05) is 0 Å². The predicted molar refractivity (Wildman–Crippen MR) is 76.5 cm³/mol. The summed E-state index contributed by atoms with van der Waals surface area (Å²) in [5.74, 6) is 0.0213. The Morgan fingerprint density at radius 1 is 1.30 bits per heavy atom. The van der Waals surface area contributed by atoms with Crippen LogP contribution in [0.1, 0.15) is 15.9 Å². The van der Waals surface area contributed by atoms with Crippen molar-refractivity contribution in [2.45, 2.75) is 6.42 Å². The summed E-state index contributed by atoms with van der Waals surface area (Å²) in [6, 6.07) is 5.09. The zero-order valence-electron chi connectivity index (χ0n) is 10.2. The quantitative estimate of drug-likeness (QED) is 0.880. The van der Waals surface area contributed by atoms with Crippen LogP contribution in [0.3, 0.4) is 0 Å². The summed E-state index contributed by atoms with van der Waals surface area (Å²) in [6.07, 6.45) is 3.26. The molecule has 1 aliphatic heterocycles. The van der Waals surface area contributed by atoms with Gasteiger partial charge in [0.1, 0.15) is 4.60 Å². The number of halogens is 1. The van der Waals surface area contributed by atoms with Crippen molar-refractivity contribution in [1.29, 1.82) is 0 Å². The number of amides is 2. The molecule has 0 spiro atoms. The molecule has 0 fully saturated rings. The summed E-state index contributed by atoms with van der Waals surface area (Å²) < 4.78 is 0.595. The Labute approximate surface area is 122 Å². The molecule has 0 unspecified atom stereocenters. The lowest BCUT2D eigenvalue weighted by Crippen LogP contribution is -2.13. The molecule has 1 aliphatic rings. The van der Waals surface area contributed by atoms with E-state index in [0.29, 0.717) is 22.4 Å². The molecule has 2 amide bonds. The molecule has 2 N–H and O–H groups in total. The number of carbonyl (C=O) groups excluding carboxylic acids is 2. The number of aromatic nitrogens is 2. The van der Waals surface area contributed by atoms with Crippen LogP contribution in [0.15, 0.2) is 35.2 Å². The Morgan fingerprint density at radius 2 is 2.15 bits per heavy atom. The zero-order chi connectivity index (χ0) is 14.1. The molecule has 2 heterocycles. The second kappa shape index (κ2) is 5.01. The maximum atomic E-state index is 12.1. The molecular weight excluding hydrogens is 324 g/mol. The van der Waals surface area contributed by atoms with Gasteiger partial charge in [0.05, 0.1) is 18.8 Å². The molecule has 1 aromatic carbocycles. The van der Waals surface area contributed by atoms with E-state index in [9.17, 15) is 9.59 Å². The van der Waals surface area contributed by atoms with E-state index >= 15 is 0 Å². The lowest BCUT2D eigenvalue weighted by atomic mass is 10.1. The Hall–Kier alpha value is -2.28. The molecule has 0 atom stereocenters. The molecule has 20 heavy (non-hydrogen) atoms. The smallest absolute Gasteiger partial charge is 0.256 e. The number of hydrogen-bond acceptors (Lipinski definition) is 4. The molecule has 0 bridgehead atoms. The number of benzene rings is 1. The van der Waals surface area contributed by atoms with Crippen LogP contribution < -0.4 is 10.6 Å². The van der Waals surface area contributed by atoms with Crippen molar-refractivity contribution < 1.29 is 9.59 Å². The summed E-state index contributed by atoms with van der Waals surface area (Å²) in [5, 5.41) is 5.37. The Bertz CT molecular complexity index is 700. The van der Waals surface area contributed by atoms with Crippen LogP contribution in [-0.4, -0.2) is 21.8 Å². The molecule has 2 aromatic rings. The third-order valence-corrected chi connectivity index (χ3v) is 3.26. The van der Waals surface area contributed by atoms with Crippen molar-refractivity contribution in [1.82, 2.24) is 9.97 Å². The number of hydrogen-bond donors (Lipinski definition) is 2. The summed E-state index contributed by atoms with van der Waals surface area (Å²) in [5.41, 5.74) is 2.06. The molecule has 6 nitrogen and oxygen atoms in total. The van der Waals surface area contributed by atoms with Crippen LogP contribution >= 0.6 is 15.9 Å². The third-order valence-electron chi connectivity index (χ3n) is 2.85. The van der Waals surface area contributed by atoms with Gasteiger partial charge in [-0.05, 0) is 39.7 Å². The SMILES string of the molecule is O=C1Cc2cc(C(=O)Nc3cnc(Br)cn3)ccc2N1. The Balaban J connectivity index is 1.79. The van der Waals surface area contributed by atoms with Gasteiger partial charge in [-0.25, -0.2) is 9.97 Å². The van der Waals surface area contributed by atoms with Crippen molar-refractivity contribution in [2.24, 2.45) is 0 Å². The number of carbonyl (C=O) groups is 2. The van der Waals surface area contributed by atoms with Gasteiger partial charge in [0.15, 0.2) is 5.82 Å². The highest BCUT2D eigenvalue weighted by atomic mass is 79.9. The first kappa shape index (κ1) is 12.7. The standard InChI is InChI=1S/C13H9BrN4O2/c14-10-5-16-11(6-15-10)18-13(20)7-1-2-9-8(3-7)4-12(19)17-9/h1-3,5-6H,4H2,(H,17,19)(H,16,18,20). The average molecular weight is 333 g/mol. The van der Waals surface area contributed by atoms with Crippen LogP contribution in [0, 0.1) is 0 Å². The topological polar surface area (TPSA) is 84.0 Å². The first-order valence-corrected chi connectivity index (χ1v) is 6.63. The average Bonchev–Trinajstić information content (AvgIpc) is 2.80. The van der Waals surface area contributed by atoms with E-state index in [0.717, 1.165) is 11.3 Å². The van der Waals surface area contributed by atoms with Crippen LogP contribution in [-0.2, 0) is 11.2 Å². The molecule has 0 saturated heterocycles. The van der Waals surface area contributed by atoms with E-state index in [1.54, 1.807) is 18.2 Å². The number of nitrogens with one attached hydrogen (secondary N) is 2. The maximum absolute atomic E-state index is 12.1. The fraction of sp³-hybridized carbons (Fsp3) is 0.0769. The lowest BCUT2D eigenvalue weighted by Gasteiger charge is -2.05. The monoisotopic (exact) mass is 332 g/mol. The van der Waals surface area contributed by atoms with Crippen molar-refractivity contribution in [3.05, 3.63) is 46.3 Å². The van der Waals surface area contributed by atoms with Crippen LogP contribution in [0.25, 0.3) is 0 Å². The van der Waals surface area contributed by atoms with Gasteiger partial charge in [0, 0.05) is 11.3 Å². The lowest BCUT2D eigenvalue weighted by molar-refractivity contribution is -0.115. The van der Waals surface area contributed by atoms with Crippen molar-refractivity contribution in [3.63, 3.8) is 0 Å². The van der Waals surface area contributed by atoms with Gasteiger partial charge in [-0.1, -0.05) is 0 Å². The van der Waals surface area contributed by atoms with E-state index in [2.05, 4.69) is 36.5 Å². The minimum atomic E-state index is -0.288. The Kier molecular flexibility index (Phi) is 3.19. The number of anilines is 2. The van der Waals surface area contributed by atoms with Crippen molar-refractivity contribution >= 4 is 39.2 Å². The summed E-state index contributed by atoms with van der Waals surface area (Å²) in [7, 11) is 0. The minimum Gasteiger partial charge on any atom is -0.326 e. The highest BCUT2D eigenvalue weighted by Gasteiger charge is 2.19. The van der Waals surface area contributed by atoms with Gasteiger partial charge >= 0.3 is 0 Å². The minimum absolute atomic E-state index is 0.0589. The highest BCUT2D eigenvalue weighted by Crippen LogP contribution is 2.24. The normalized spacial score (nSPS) is 12.8. The molecule has 3 rings (SSSR count). The van der Waals surface area contributed by atoms with E-state index in [-0.39, 0.29) is 11.8 Å². The number of nitrogens with zero attached hydrogens (tertiary/aromatic N) is 2. The second-order valence-corrected chi connectivity index (χ2v) is 5.09. The van der Waals surface area contributed by atoms with E-state index in [1.165, 1.54) is 12.4 Å². The first-order chi connectivity index (χ1) is 9.61. The largest absolute Gasteiger partial charge is 0.326 e. The number of fused-ring (bicyclic) bond motifs is 1. The zero-order valence-corrected chi connectivity index (χ0v) is 11.8. The molecule has 0 saturated carbocycles. The molecule has 0 radical (unpaired) electrons. The van der Waals surface area contributed by atoms with Gasteiger partial charge in [0.25, 0.3) is 5.91 Å². The summed E-state index contributed by atoms with van der Waals surface area (Å²) in [6.45, 7) is 0. The van der Waals surface area contributed by atoms with Gasteiger partial charge in [-0.2, -0.15) is 0 Å². The van der Waals surface area contributed by atoms with Gasteiger partial charge in [0.2, 0.25) is 5.91 Å². The first-order valence-electron chi connectivity index (χ1n) is 5.83. The summed E-state index contributed by atoms with van der Waals surface area (Å²) in [4.78, 5) is 31.4. The predicted octanol–water partition coefficient (Wildman–Crippen LogP) is 1.99. The Morgan fingerprint density at radius 3 is 2.90 bits per heavy atom. The van der Waals surface area contributed by atoms with Gasteiger partial charge < -0.3 is 10.6 Å².